The van der Waals surface area contributed by atoms with Gasteiger partial charge in [0.2, 0.25) is 5.91 Å². The Morgan fingerprint density at radius 3 is 2.62 bits per heavy atom. The number of β-lactam (4-membered cyclic amide) rings is 1. The maximum atomic E-state index is 10.5. The third-order valence-electron chi connectivity index (χ3n) is 1.22. The summed E-state index contributed by atoms with van der Waals surface area (Å²) < 4.78 is 0. The highest BCUT2D eigenvalue weighted by Crippen LogP contribution is 2.07. The van der Waals surface area contributed by atoms with Crippen LogP contribution in [0.25, 0.3) is 0 Å². The molecule has 2 heteroatoms. The van der Waals surface area contributed by atoms with E-state index in [4.69, 9.17) is 0 Å². The van der Waals surface area contributed by atoms with Gasteiger partial charge in [-0.1, -0.05) is 6.08 Å². The minimum atomic E-state index is 0.239. The van der Waals surface area contributed by atoms with Gasteiger partial charge in [-0.25, -0.2) is 0 Å². The predicted octanol–water partition coefficient (Wildman–Crippen LogP) is 0.752. The van der Waals surface area contributed by atoms with Gasteiger partial charge in [0.1, 0.15) is 0 Å². The second-order valence-corrected chi connectivity index (χ2v) is 1.82. The summed E-state index contributed by atoms with van der Waals surface area (Å²) in [5.74, 6) is 0.239. The number of allylic oxidation sites excluding steroid dienone is 1. The monoisotopic (exact) mass is 111 g/mol. The molecule has 1 aliphatic rings. The quantitative estimate of drug-likeness (QED) is 0.457. The molecule has 0 atom stereocenters. The van der Waals surface area contributed by atoms with E-state index >= 15 is 0 Å². The summed E-state index contributed by atoms with van der Waals surface area (Å²) in [6, 6.07) is 0. The van der Waals surface area contributed by atoms with Crippen LogP contribution in [-0.4, -0.2) is 17.4 Å². The summed E-state index contributed by atoms with van der Waals surface area (Å²) in [5.41, 5.74) is 0. The maximum Gasteiger partial charge on any atom is 0.228 e. The topological polar surface area (TPSA) is 20.3 Å². The van der Waals surface area contributed by atoms with Crippen LogP contribution in [0.5, 0.6) is 0 Å². The molecule has 1 saturated heterocycles. The number of rotatable bonds is 1. The zero-order chi connectivity index (χ0) is 5.98. The van der Waals surface area contributed by atoms with Gasteiger partial charge in [0, 0.05) is 19.2 Å². The highest BCUT2D eigenvalue weighted by molar-refractivity contribution is 5.82. The second kappa shape index (κ2) is 1.99. The Morgan fingerprint density at radius 1 is 1.75 bits per heavy atom. The molecule has 8 heavy (non-hydrogen) atoms. The van der Waals surface area contributed by atoms with Gasteiger partial charge in [0.05, 0.1) is 0 Å². The largest absolute Gasteiger partial charge is 0.319 e. The van der Waals surface area contributed by atoms with E-state index in [2.05, 4.69) is 0 Å². The highest BCUT2D eigenvalue weighted by atomic mass is 16.2. The van der Waals surface area contributed by atoms with Crippen LogP contribution in [0.4, 0.5) is 0 Å². The zero-order valence-electron chi connectivity index (χ0n) is 4.92. The van der Waals surface area contributed by atoms with Crippen molar-refractivity contribution < 1.29 is 4.79 Å². The van der Waals surface area contributed by atoms with Crippen LogP contribution in [0.15, 0.2) is 12.3 Å². The first-order valence-corrected chi connectivity index (χ1v) is 2.77. The summed E-state index contributed by atoms with van der Waals surface area (Å²) in [4.78, 5) is 12.2. The predicted molar refractivity (Wildman–Crippen MR) is 31.1 cm³/mol. The van der Waals surface area contributed by atoms with Gasteiger partial charge in [0.15, 0.2) is 0 Å². The Bertz CT molecular complexity index is 128. The molecule has 0 aromatic carbocycles. The van der Waals surface area contributed by atoms with Gasteiger partial charge < -0.3 is 4.90 Å². The maximum absolute atomic E-state index is 10.5. The van der Waals surface area contributed by atoms with Crippen molar-refractivity contribution in [3.05, 3.63) is 12.3 Å². The molecule has 44 valence electrons. The van der Waals surface area contributed by atoms with Crippen molar-refractivity contribution in [3.8, 4) is 0 Å². The normalized spacial score (nSPS) is 19.6. The van der Waals surface area contributed by atoms with E-state index in [9.17, 15) is 4.79 Å². The standard InChI is InChI=1S/C6H9NO/c1-2-4-7-5-3-6(7)8/h2,4H,3,5H2,1H3. The van der Waals surface area contributed by atoms with E-state index in [0.29, 0.717) is 0 Å². The number of hydrogen-bond acceptors (Lipinski definition) is 1. The van der Waals surface area contributed by atoms with Crippen LogP contribution in [-0.2, 0) is 4.79 Å². The van der Waals surface area contributed by atoms with Crippen molar-refractivity contribution in [1.29, 1.82) is 0 Å². The van der Waals surface area contributed by atoms with Crippen molar-refractivity contribution in [1.82, 2.24) is 4.90 Å². The van der Waals surface area contributed by atoms with Gasteiger partial charge >= 0.3 is 0 Å². The van der Waals surface area contributed by atoms with Gasteiger partial charge in [0.25, 0.3) is 0 Å². The first-order valence-electron chi connectivity index (χ1n) is 2.77. The molecule has 0 aromatic rings. The van der Waals surface area contributed by atoms with Crippen LogP contribution < -0.4 is 0 Å². The summed E-state index contributed by atoms with van der Waals surface area (Å²) >= 11 is 0. The molecule has 0 N–H and O–H groups in total. The molecule has 0 bridgehead atoms. The minimum Gasteiger partial charge on any atom is -0.319 e. The first kappa shape index (κ1) is 5.35. The Balaban J connectivity index is 2.38. The van der Waals surface area contributed by atoms with Crippen molar-refractivity contribution in [3.63, 3.8) is 0 Å². The molecule has 0 radical (unpaired) electrons. The molecule has 0 aromatic heterocycles. The number of carbonyl (C=O) groups is 1. The molecular weight excluding hydrogens is 102 g/mol. The summed E-state index contributed by atoms with van der Waals surface area (Å²) in [5, 5.41) is 0. The molecule has 2 nitrogen and oxygen atoms in total. The van der Waals surface area contributed by atoms with Gasteiger partial charge in [-0.15, -0.1) is 0 Å². The third-order valence-corrected chi connectivity index (χ3v) is 1.22. The average molecular weight is 111 g/mol. The van der Waals surface area contributed by atoms with Crippen molar-refractivity contribution in [2.24, 2.45) is 0 Å². The molecule has 0 aliphatic carbocycles. The van der Waals surface area contributed by atoms with E-state index in [0.717, 1.165) is 13.0 Å². The number of carbonyl (C=O) groups excluding carboxylic acids is 1. The lowest BCUT2D eigenvalue weighted by molar-refractivity contribution is -0.136. The lowest BCUT2D eigenvalue weighted by Gasteiger charge is -2.26. The van der Waals surface area contributed by atoms with Crippen LogP contribution in [0.3, 0.4) is 0 Å². The van der Waals surface area contributed by atoms with Crippen LogP contribution in [0.2, 0.25) is 0 Å². The Morgan fingerprint density at radius 2 is 2.50 bits per heavy atom. The summed E-state index contributed by atoms with van der Waals surface area (Å²) in [6.45, 7) is 2.81. The fraction of sp³-hybridized carbons (Fsp3) is 0.500. The van der Waals surface area contributed by atoms with Gasteiger partial charge in [-0.05, 0) is 6.92 Å². The molecule has 0 saturated carbocycles. The third kappa shape index (κ3) is 0.735. The minimum absolute atomic E-state index is 0.239. The van der Waals surface area contributed by atoms with E-state index < -0.39 is 0 Å². The Kier molecular flexibility index (Phi) is 1.33. The van der Waals surface area contributed by atoms with Gasteiger partial charge in [-0.3, -0.25) is 4.79 Å². The molecule has 0 unspecified atom stereocenters. The molecule has 1 amide bonds. The van der Waals surface area contributed by atoms with E-state index in [1.165, 1.54) is 0 Å². The summed E-state index contributed by atoms with van der Waals surface area (Å²) in [6.07, 6.45) is 4.41. The lowest BCUT2D eigenvalue weighted by atomic mass is 10.2. The van der Waals surface area contributed by atoms with Crippen LogP contribution >= 0.6 is 0 Å². The van der Waals surface area contributed by atoms with Crippen molar-refractivity contribution >= 4 is 5.91 Å². The first-order chi connectivity index (χ1) is 3.84. The molecular formula is C6H9NO. The average Bonchev–Trinajstić information content (AvgIpc) is 1.79. The number of hydrogen-bond donors (Lipinski definition) is 0. The molecule has 0 spiro atoms. The highest BCUT2D eigenvalue weighted by Gasteiger charge is 2.19. The van der Waals surface area contributed by atoms with Crippen molar-refractivity contribution in [2.75, 3.05) is 6.54 Å². The molecule has 1 fully saturated rings. The summed E-state index contributed by atoms with van der Waals surface area (Å²) in [7, 11) is 0. The van der Waals surface area contributed by atoms with E-state index in [-0.39, 0.29) is 5.91 Å². The van der Waals surface area contributed by atoms with Crippen LogP contribution in [0, 0.1) is 0 Å². The number of amides is 1. The lowest BCUT2D eigenvalue weighted by Crippen LogP contribution is -2.38. The van der Waals surface area contributed by atoms with Gasteiger partial charge in [-0.2, -0.15) is 0 Å². The second-order valence-electron chi connectivity index (χ2n) is 1.82. The van der Waals surface area contributed by atoms with E-state index in [1.54, 1.807) is 4.90 Å². The fourth-order valence-electron chi connectivity index (χ4n) is 0.670. The smallest absolute Gasteiger partial charge is 0.228 e. The molecule has 1 aliphatic heterocycles. The SMILES string of the molecule is CC=CN1CCC1=O. The number of likely N-dealkylation sites (tertiary alicyclic amines) is 1. The van der Waals surface area contributed by atoms with Crippen LogP contribution in [0.1, 0.15) is 13.3 Å². The van der Waals surface area contributed by atoms with E-state index in [1.807, 2.05) is 19.2 Å². The Labute approximate surface area is 48.8 Å². The fourth-order valence-corrected chi connectivity index (χ4v) is 0.670. The molecule has 1 heterocycles. The zero-order valence-corrected chi connectivity index (χ0v) is 4.92. The molecule has 1 rings (SSSR count). The van der Waals surface area contributed by atoms with Crippen molar-refractivity contribution in [2.45, 2.75) is 13.3 Å². The Hall–Kier alpha value is -0.790. The number of nitrogens with zero attached hydrogens (tertiary/aromatic N) is 1.